The molecular formula is C17H26O3. The molecule has 1 aromatic rings. The summed E-state index contributed by atoms with van der Waals surface area (Å²) in [6.45, 7) is 11.1. The van der Waals surface area contributed by atoms with Gasteiger partial charge in [0.25, 0.3) is 0 Å². The second kappa shape index (κ2) is 6.29. The first-order valence-corrected chi connectivity index (χ1v) is 7.01. The topological polar surface area (TPSA) is 46.5 Å². The lowest BCUT2D eigenvalue weighted by Gasteiger charge is -2.32. The van der Waals surface area contributed by atoms with Crippen LogP contribution in [0.3, 0.4) is 0 Å². The third kappa shape index (κ3) is 6.60. The van der Waals surface area contributed by atoms with E-state index < -0.39 is 5.97 Å². The minimum absolute atomic E-state index is 0.238. The highest BCUT2D eigenvalue weighted by Gasteiger charge is 2.25. The Balaban J connectivity index is 2.62. The molecule has 0 aliphatic rings. The maximum Gasteiger partial charge on any atom is 0.341 e. The number of aliphatic carboxylic acids is 1. The van der Waals surface area contributed by atoms with Crippen LogP contribution in [0, 0.1) is 10.8 Å². The molecular weight excluding hydrogens is 252 g/mol. The molecule has 1 N–H and O–H groups in total. The maximum absolute atomic E-state index is 10.4. The van der Waals surface area contributed by atoms with Crippen LogP contribution in [-0.4, -0.2) is 17.7 Å². The molecule has 0 aliphatic heterocycles. The molecule has 0 spiro atoms. The van der Waals surface area contributed by atoms with Crippen LogP contribution < -0.4 is 4.74 Å². The van der Waals surface area contributed by atoms with E-state index in [4.69, 9.17) is 9.84 Å². The van der Waals surface area contributed by atoms with E-state index in [0.29, 0.717) is 11.2 Å². The van der Waals surface area contributed by atoms with Gasteiger partial charge in [-0.25, -0.2) is 4.79 Å². The van der Waals surface area contributed by atoms with Gasteiger partial charge in [-0.1, -0.05) is 46.8 Å². The highest BCUT2D eigenvalue weighted by atomic mass is 16.5. The molecule has 0 radical (unpaired) electrons. The molecule has 0 unspecified atom stereocenters. The molecule has 3 nitrogen and oxygen atoms in total. The van der Waals surface area contributed by atoms with Crippen molar-refractivity contribution in [3.05, 3.63) is 29.8 Å². The average molecular weight is 278 g/mol. The smallest absolute Gasteiger partial charge is 0.341 e. The predicted molar refractivity (Wildman–Crippen MR) is 81.1 cm³/mol. The SMILES string of the molecule is CC(C)(C)CC(C)(C)Cc1ccc(OCC(=O)O)cc1. The number of carboxylic acids is 1. The number of benzene rings is 1. The minimum atomic E-state index is -0.958. The second-order valence-electron chi connectivity index (χ2n) is 7.40. The molecule has 20 heavy (non-hydrogen) atoms. The first-order chi connectivity index (χ1) is 9.07. The highest BCUT2D eigenvalue weighted by molar-refractivity contribution is 5.68. The van der Waals surface area contributed by atoms with Gasteiger partial charge in [0.1, 0.15) is 5.75 Å². The number of hydrogen-bond acceptors (Lipinski definition) is 2. The Labute approximate surface area is 122 Å². The van der Waals surface area contributed by atoms with E-state index in [1.54, 1.807) is 0 Å². The Bertz CT molecular complexity index is 438. The average Bonchev–Trinajstić information content (AvgIpc) is 2.24. The van der Waals surface area contributed by atoms with Crippen molar-refractivity contribution in [1.29, 1.82) is 0 Å². The second-order valence-corrected chi connectivity index (χ2v) is 7.40. The molecule has 0 saturated carbocycles. The summed E-state index contributed by atoms with van der Waals surface area (Å²) >= 11 is 0. The minimum Gasteiger partial charge on any atom is -0.482 e. The summed E-state index contributed by atoms with van der Waals surface area (Å²) in [5.74, 6) is -0.356. The van der Waals surface area contributed by atoms with E-state index >= 15 is 0 Å². The van der Waals surface area contributed by atoms with Gasteiger partial charge in [0.15, 0.2) is 6.61 Å². The van der Waals surface area contributed by atoms with Crippen molar-refractivity contribution in [1.82, 2.24) is 0 Å². The van der Waals surface area contributed by atoms with Crippen LogP contribution in [0.5, 0.6) is 5.75 Å². The van der Waals surface area contributed by atoms with E-state index in [0.717, 1.165) is 12.8 Å². The van der Waals surface area contributed by atoms with Gasteiger partial charge >= 0.3 is 5.97 Å². The van der Waals surface area contributed by atoms with Crippen molar-refractivity contribution in [3.8, 4) is 5.75 Å². The van der Waals surface area contributed by atoms with E-state index in [2.05, 4.69) is 34.6 Å². The summed E-state index contributed by atoms with van der Waals surface area (Å²) in [6, 6.07) is 7.71. The van der Waals surface area contributed by atoms with Crippen molar-refractivity contribution in [2.75, 3.05) is 6.61 Å². The molecule has 0 bridgehead atoms. The molecule has 0 atom stereocenters. The molecule has 1 rings (SSSR count). The Morgan fingerprint density at radius 3 is 2.10 bits per heavy atom. The molecule has 0 amide bonds. The monoisotopic (exact) mass is 278 g/mol. The summed E-state index contributed by atoms with van der Waals surface area (Å²) in [6.07, 6.45) is 2.15. The molecule has 1 aromatic carbocycles. The van der Waals surface area contributed by atoms with Gasteiger partial charge in [0.05, 0.1) is 0 Å². The fraction of sp³-hybridized carbons (Fsp3) is 0.588. The summed E-state index contributed by atoms with van der Waals surface area (Å²) in [5, 5.41) is 8.57. The largest absolute Gasteiger partial charge is 0.482 e. The van der Waals surface area contributed by atoms with E-state index in [9.17, 15) is 4.79 Å². The van der Waals surface area contributed by atoms with E-state index in [1.807, 2.05) is 24.3 Å². The van der Waals surface area contributed by atoms with Crippen LogP contribution in [0.2, 0.25) is 0 Å². The van der Waals surface area contributed by atoms with Crippen molar-refractivity contribution < 1.29 is 14.6 Å². The molecule has 0 heterocycles. The lowest BCUT2D eigenvalue weighted by molar-refractivity contribution is -0.139. The number of rotatable bonds is 6. The van der Waals surface area contributed by atoms with Crippen LogP contribution in [0.4, 0.5) is 0 Å². The quantitative estimate of drug-likeness (QED) is 0.850. The van der Waals surface area contributed by atoms with Crippen molar-refractivity contribution in [2.45, 2.75) is 47.5 Å². The Morgan fingerprint density at radius 1 is 1.10 bits per heavy atom. The van der Waals surface area contributed by atoms with Crippen LogP contribution in [0.15, 0.2) is 24.3 Å². The summed E-state index contributed by atoms with van der Waals surface area (Å²) in [7, 11) is 0. The fourth-order valence-corrected chi connectivity index (χ4v) is 2.90. The lowest BCUT2D eigenvalue weighted by Crippen LogP contribution is -2.23. The van der Waals surface area contributed by atoms with Crippen LogP contribution in [0.25, 0.3) is 0 Å². The van der Waals surface area contributed by atoms with E-state index in [1.165, 1.54) is 5.56 Å². The molecule has 0 aliphatic carbocycles. The van der Waals surface area contributed by atoms with Gasteiger partial charge < -0.3 is 9.84 Å². The van der Waals surface area contributed by atoms with Gasteiger partial charge in [-0.2, -0.15) is 0 Å². The van der Waals surface area contributed by atoms with Crippen molar-refractivity contribution in [2.24, 2.45) is 10.8 Å². The third-order valence-corrected chi connectivity index (χ3v) is 2.98. The zero-order valence-corrected chi connectivity index (χ0v) is 13.2. The zero-order valence-electron chi connectivity index (χ0n) is 13.2. The van der Waals surface area contributed by atoms with Crippen LogP contribution in [-0.2, 0) is 11.2 Å². The van der Waals surface area contributed by atoms with Crippen molar-refractivity contribution >= 4 is 5.97 Å². The fourth-order valence-electron chi connectivity index (χ4n) is 2.90. The predicted octanol–water partition coefficient (Wildman–Crippen LogP) is 4.15. The summed E-state index contributed by atoms with van der Waals surface area (Å²) < 4.78 is 5.13. The van der Waals surface area contributed by atoms with Gasteiger partial charge in [0, 0.05) is 0 Å². The Morgan fingerprint density at radius 2 is 1.65 bits per heavy atom. The third-order valence-electron chi connectivity index (χ3n) is 2.98. The maximum atomic E-state index is 10.4. The Hall–Kier alpha value is -1.51. The first-order valence-electron chi connectivity index (χ1n) is 7.01. The van der Waals surface area contributed by atoms with Gasteiger partial charge in [-0.3, -0.25) is 0 Å². The first kappa shape index (κ1) is 16.5. The van der Waals surface area contributed by atoms with E-state index in [-0.39, 0.29) is 12.0 Å². The number of ether oxygens (including phenoxy) is 1. The van der Waals surface area contributed by atoms with Gasteiger partial charge in [-0.15, -0.1) is 0 Å². The number of hydrogen-bond donors (Lipinski definition) is 1. The molecule has 0 aromatic heterocycles. The van der Waals surface area contributed by atoms with Gasteiger partial charge in [0.2, 0.25) is 0 Å². The zero-order chi connectivity index (χ0) is 15.4. The molecule has 3 heteroatoms. The highest BCUT2D eigenvalue weighted by Crippen LogP contribution is 2.35. The summed E-state index contributed by atoms with van der Waals surface area (Å²) in [5.41, 5.74) is 1.80. The molecule has 0 fully saturated rings. The standard InChI is InChI=1S/C17H26O3/c1-16(2,3)12-17(4,5)10-13-6-8-14(9-7-13)20-11-15(18)19/h6-9H,10-12H2,1-5H3,(H,18,19). The number of carbonyl (C=O) groups is 1. The van der Waals surface area contributed by atoms with Crippen LogP contribution >= 0.6 is 0 Å². The Kier molecular flexibility index (Phi) is 5.21. The molecule has 0 saturated heterocycles. The van der Waals surface area contributed by atoms with Crippen molar-refractivity contribution in [3.63, 3.8) is 0 Å². The lowest BCUT2D eigenvalue weighted by atomic mass is 9.73. The molecule has 112 valence electrons. The summed E-state index contributed by atoms with van der Waals surface area (Å²) in [4.78, 5) is 10.4. The van der Waals surface area contributed by atoms with Gasteiger partial charge in [-0.05, 0) is 41.4 Å². The normalized spacial score (nSPS) is 12.2. The number of carboxylic acid groups (broad SMARTS) is 1. The van der Waals surface area contributed by atoms with Crippen LogP contribution in [0.1, 0.15) is 46.6 Å².